The van der Waals surface area contributed by atoms with Gasteiger partial charge in [0.2, 0.25) is 0 Å². The minimum Gasteiger partial charge on any atom is -0.397 e. The van der Waals surface area contributed by atoms with Gasteiger partial charge in [-0.15, -0.1) is 11.3 Å². The third-order valence-corrected chi connectivity index (χ3v) is 4.97. The minimum atomic E-state index is -0.0904. The molecule has 0 saturated heterocycles. The van der Waals surface area contributed by atoms with Crippen LogP contribution < -0.4 is 5.73 Å². The molecule has 0 saturated carbocycles. The number of nitrogens with two attached hydrogens (primary N) is 1. The van der Waals surface area contributed by atoms with Crippen LogP contribution >= 0.6 is 27.3 Å². The Kier molecular flexibility index (Phi) is 5.61. The molecule has 0 aliphatic rings. The summed E-state index contributed by atoms with van der Waals surface area (Å²) in [4.78, 5) is 14.9. The SMILES string of the molecule is CCCCN(CCO)C(=O)c1sc2cc(Br)ccc2c1N. The van der Waals surface area contributed by atoms with E-state index in [2.05, 4.69) is 22.9 Å². The second kappa shape index (κ2) is 7.24. The van der Waals surface area contributed by atoms with Crippen molar-refractivity contribution in [3.63, 3.8) is 0 Å². The summed E-state index contributed by atoms with van der Waals surface area (Å²) in [7, 11) is 0. The second-order valence-corrected chi connectivity index (χ2v) is 6.82. The molecule has 0 atom stereocenters. The highest BCUT2D eigenvalue weighted by molar-refractivity contribution is 9.10. The number of aliphatic hydroxyl groups excluding tert-OH is 1. The number of nitrogen functional groups attached to an aromatic ring is 1. The summed E-state index contributed by atoms with van der Waals surface area (Å²) in [5, 5.41) is 10.1. The van der Waals surface area contributed by atoms with Crippen LogP contribution in [0.2, 0.25) is 0 Å². The number of amides is 1. The van der Waals surface area contributed by atoms with E-state index in [1.807, 2.05) is 18.2 Å². The van der Waals surface area contributed by atoms with Gasteiger partial charge in [-0.25, -0.2) is 0 Å². The molecule has 3 N–H and O–H groups in total. The molecule has 0 unspecified atom stereocenters. The molecule has 0 aliphatic heterocycles. The highest BCUT2D eigenvalue weighted by Gasteiger charge is 2.21. The Bertz CT molecular complexity index is 642. The largest absolute Gasteiger partial charge is 0.397 e. The van der Waals surface area contributed by atoms with Gasteiger partial charge in [-0.2, -0.15) is 0 Å². The number of thiophene rings is 1. The summed E-state index contributed by atoms with van der Waals surface area (Å²) in [5.41, 5.74) is 6.67. The summed E-state index contributed by atoms with van der Waals surface area (Å²) in [6, 6.07) is 5.81. The Balaban J connectivity index is 2.34. The van der Waals surface area contributed by atoms with Crippen molar-refractivity contribution in [3.8, 4) is 0 Å². The van der Waals surface area contributed by atoms with E-state index in [4.69, 9.17) is 10.8 Å². The fourth-order valence-electron chi connectivity index (χ4n) is 2.18. The van der Waals surface area contributed by atoms with Gasteiger partial charge in [0.1, 0.15) is 4.88 Å². The van der Waals surface area contributed by atoms with Gasteiger partial charge >= 0.3 is 0 Å². The van der Waals surface area contributed by atoms with E-state index >= 15 is 0 Å². The van der Waals surface area contributed by atoms with E-state index in [9.17, 15) is 4.79 Å². The molecule has 6 heteroatoms. The lowest BCUT2D eigenvalue weighted by molar-refractivity contribution is 0.0725. The lowest BCUT2D eigenvalue weighted by Crippen LogP contribution is -2.34. The normalized spacial score (nSPS) is 11.0. The van der Waals surface area contributed by atoms with Crippen LogP contribution in [0.1, 0.15) is 29.4 Å². The molecule has 2 rings (SSSR count). The predicted octanol–water partition coefficient (Wildman–Crippen LogP) is 3.48. The molecule has 1 amide bonds. The number of aliphatic hydroxyl groups is 1. The van der Waals surface area contributed by atoms with Gasteiger partial charge in [0, 0.05) is 27.6 Å². The fraction of sp³-hybridized carbons (Fsp3) is 0.400. The zero-order valence-electron chi connectivity index (χ0n) is 11.9. The quantitative estimate of drug-likeness (QED) is 0.817. The van der Waals surface area contributed by atoms with Crippen LogP contribution in [0.4, 0.5) is 5.69 Å². The molecular weight excluding hydrogens is 352 g/mol. The van der Waals surface area contributed by atoms with Crippen LogP contribution in [0, 0.1) is 0 Å². The molecule has 0 fully saturated rings. The first-order chi connectivity index (χ1) is 10.1. The number of carbonyl (C=O) groups excluding carboxylic acids is 1. The number of anilines is 1. The van der Waals surface area contributed by atoms with Crippen molar-refractivity contribution < 1.29 is 9.90 Å². The molecule has 4 nitrogen and oxygen atoms in total. The lowest BCUT2D eigenvalue weighted by atomic mass is 10.2. The lowest BCUT2D eigenvalue weighted by Gasteiger charge is -2.21. The molecule has 1 aromatic carbocycles. The molecule has 1 aromatic heterocycles. The first kappa shape index (κ1) is 16.3. The zero-order chi connectivity index (χ0) is 15.4. The second-order valence-electron chi connectivity index (χ2n) is 4.85. The first-order valence-electron chi connectivity index (χ1n) is 6.96. The summed E-state index contributed by atoms with van der Waals surface area (Å²) in [5.74, 6) is -0.0904. The Morgan fingerprint density at radius 1 is 1.43 bits per heavy atom. The molecule has 2 aromatic rings. The zero-order valence-corrected chi connectivity index (χ0v) is 14.3. The van der Waals surface area contributed by atoms with E-state index in [0.717, 1.165) is 27.4 Å². The van der Waals surface area contributed by atoms with Crippen LogP contribution in [0.15, 0.2) is 22.7 Å². The number of benzene rings is 1. The molecule has 0 bridgehead atoms. The van der Waals surface area contributed by atoms with Crippen molar-refractivity contribution in [1.29, 1.82) is 0 Å². The first-order valence-corrected chi connectivity index (χ1v) is 8.57. The van der Waals surface area contributed by atoms with Crippen LogP contribution in [-0.4, -0.2) is 35.6 Å². The van der Waals surface area contributed by atoms with Crippen LogP contribution in [-0.2, 0) is 0 Å². The van der Waals surface area contributed by atoms with Crippen LogP contribution in [0.3, 0.4) is 0 Å². The van der Waals surface area contributed by atoms with Gasteiger partial charge in [-0.05, 0) is 18.6 Å². The molecule has 0 aliphatic carbocycles. The maximum Gasteiger partial charge on any atom is 0.266 e. The predicted molar refractivity (Wildman–Crippen MR) is 91.8 cm³/mol. The van der Waals surface area contributed by atoms with Crippen molar-refractivity contribution in [2.45, 2.75) is 19.8 Å². The fourth-order valence-corrected chi connectivity index (χ4v) is 3.82. The van der Waals surface area contributed by atoms with E-state index in [1.165, 1.54) is 11.3 Å². The van der Waals surface area contributed by atoms with Crippen molar-refractivity contribution in [2.24, 2.45) is 0 Å². The van der Waals surface area contributed by atoms with Gasteiger partial charge in [-0.1, -0.05) is 35.3 Å². The number of rotatable bonds is 6. The van der Waals surface area contributed by atoms with Gasteiger partial charge in [-0.3, -0.25) is 4.79 Å². The van der Waals surface area contributed by atoms with E-state index in [0.29, 0.717) is 23.7 Å². The third-order valence-electron chi connectivity index (χ3n) is 3.32. The van der Waals surface area contributed by atoms with E-state index in [1.54, 1.807) is 4.90 Å². The average molecular weight is 371 g/mol. The summed E-state index contributed by atoms with van der Waals surface area (Å²) in [6.45, 7) is 3.03. The average Bonchev–Trinajstić information content (AvgIpc) is 2.79. The summed E-state index contributed by atoms with van der Waals surface area (Å²) >= 11 is 4.83. The maximum absolute atomic E-state index is 12.6. The minimum absolute atomic E-state index is 0.0359. The van der Waals surface area contributed by atoms with Crippen molar-refractivity contribution in [2.75, 3.05) is 25.4 Å². The number of carbonyl (C=O) groups is 1. The molecule has 21 heavy (non-hydrogen) atoms. The molecule has 0 spiro atoms. The van der Waals surface area contributed by atoms with E-state index < -0.39 is 0 Å². The highest BCUT2D eigenvalue weighted by atomic mass is 79.9. The molecule has 114 valence electrons. The van der Waals surface area contributed by atoms with Crippen molar-refractivity contribution in [3.05, 3.63) is 27.5 Å². The Labute approximate surface area is 136 Å². The highest BCUT2D eigenvalue weighted by Crippen LogP contribution is 2.36. The summed E-state index contributed by atoms with van der Waals surface area (Å²) < 4.78 is 1.96. The Morgan fingerprint density at radius 3 is 2.86 bits per heavy atom. The number of hydrogen-bond donors (Lipinski definition) is 2. The molecular formula is C15H19BrN2O2S. The summed E-state index contributed by atoms with van der Waals surface area (Å²) in [6.07, 6.45) is 1.92. The third kappa shape index (κ3) is 3.56. The maximum atomic E-state index is 12.6. The Hall–Kier alpha value is -1.11. The monoisotopic (exact) mass is 370 g/mol. The standard InChI is InChI=1S/C15H19BrN2O2S/c1-2-3-6-18(7-8-19)15(20)14-13(17)11-5-4-10(16)9-12(11)21-14/h4-5,9,19H,2-3,6-8,17H2,1H3. The van der Waals surface area contributed by atoms with Crippen LogP contribution in [0.25, 0.3) is 10.1 Å². The van der Waals surface area contributed by atoms with Crippen molar-refractivity contribution in [1.82, 2.24) is 4.90 Å². The van der Waals surface area contributed by atoms with Gasteiger partial charge in [0.15, 0.2) is 0 Å². The smallest absolute Gasteiger partial charge is 0.266 e. The van der Waals surface area contributed by atoms with Crippen molar-refractivity contribution >= 4 is 48.9 Å². The Morgan fingerprint density at radius 2 is 2.19 bits per heavy atom. The molecule has 0 radical (unpaired) electrons. The van der Waals surface area contributed by atoms with Crippen LogP contribution in [0.5, 0.6) is 0 Å². The number of hydrogen-bond acceptors (Lipinski definition) is 4. The van der Waals surface area contributed by atoms with Gasteiger partial charge in [0.05, 0.1) is 12.3 Å². The number of nitrogens with zero attached hydrogens (tertiary/aromatic N) is 1. The number of unbranched alkanes of at least 4 members (excludes halogenated alkanes) is 1. The van der Waals surface area contributed by atoms with E-state index in [-0.39, 0.29) is 12.5 Å². The van der Waals surface area contributed by atoms with Gasteiger partial charge in [0.25, 0.3) is 5.91 Å². The molecule has 1 heterocycles. The van der Waals surface area contributed by atoms with Gasteiger partial charge < -0.3 is 15.7 Å². The number of halogens is 1. The number of fused-ring (bicyclic) bond motifs is 1. The topological polar surface area (TPSA) is 66.6 Å².